The molecule has 4 nitrogen and oxygen atoms in total. The van der Waals surface area contributed by atoms with Gasteiger partial charge in [-0.1, -0.05) is 36.4 Å². The number of nitrogens with zero attached hydrogens (tertiary/aromatic N) is 2. The number of para-hydroxylation sites is 2. The maximum atomic E-state index is 9.72. The van der Waals surface area contributed by atoms with Crippen molar-refractivity contribution in [2.75, 3.05) is 11.4 Å². The Hall–Kier alpha value is -2.88. The highest BCUT2D eigenvalue weighted by Crippen LogP contribution is 2.26. The lowest BCUT2D eigenvalue weighted by molar-refractivity contribution is 0.365. The molecule has 0 aliphatic rings. The lowest BCUT2D eigenvalue weighted by Gasteiger charge is -2.25. The molecule has 0 spiro atoms. The Morgan fingerprint density at radius 2 is 1.17 bits per heavy atom. The smallest absolute Gasteiger partial charge is 0.193 e. The largest absolute Gasteiger partial charge is 0.494 e. The molecular formula is C19H20N2O2. The van der Waals surface area contributed by atoms with Crippen molar-refractivity contribution < 1.29 is 10.2 Å². The zero-order valence-electron chi connectivity index (χ0n) is 12.8. The zero-order chi connectivity index (χ0) is 16.1. The normalized spacial score (nSPS) is 10.6. The summed E-state index contributed by atoms with van der Waals surface area (Å²) in [4.78, 5) is 2.23. The second-order valence-electron chi connectivity index (χ2n) is 5.38. The van der Waals surface area contributed by atoms with Crippen LogP contribution in [0, 0.1) is 0 Å². The molecule has 1 heterocycles. The quantitative estimate of drug-likeness (QED) is 0.720. The van der Waals surface area contributed by atoms with E-state index in [0.717, 1.165) is 24.3 Å². The van der Waals surface area contributed by atoms with Crippen molar-refractivity contribution in [1.29, 1.82) is 0 Å². The molecule has 2 N–H and O–H groups in total. The van der Waals surface area contributed by atoms with E-state index in [4.69, 9.17) is 0 Å². The number of aromatic nitrogens is 1. The molecule has 0 bridgehead atoms. The van der Waals surface area contributed by atoms with Gasteiger partial charge in [-0.2, -0.15) is 0 Å². The van der Waals surface area contributed by atoms with Crippen molar-refractivity contribution in [1.82, 2.24) is 4.57 Å². The van der Waals surface area contributed by atoms with Crippen LogP contribution in [0.3, 0.4) is 0 Å². The van der Waals surface area contributed by atoms with E-state index >= 15 is 0 Å². The van der Waals surface area contributed by atoms with Gasteiger partial charge in [-0.15, -0.1) is 0 Å². The van der Waals surface area contributed by atoms with Crippen LogP contribution in [-0.4, -0.2) is 21.3 Å². The maximum Gasteiger partial charge on any atom is 0.193 e. The monoisotopic (exact) mass is 308 g/mol. The first kappa shape index (κ1) is 15.0. The summed E-state index contributed by atoms with van der Waals surface area (Å²) in [6.45, 7) is 1.34. The van der Waals surface area contributed by atoms with E-state index in [1.54, 1.807) is 0 Å². The van der Waals surface area contributed by atoms with Gasteiger partial charge in [-0.25, -0.2) is 0 Å². The molecule has 118 valence electrons. The fourth-order valence-corrected chi connectivity index (χ4v) is 2.69. The van der Waals surface area contributed by atoms with Gasteiger partial charge in [-0.3, -0.25) is 4.57 Å². The molecule has 3 aromatic rings. The Bertz CT molecular complexity index is 680. The lowest BCUT2D eigenvalue weighted by atomic mass is 10.2. The Morgan fingerprint density at radius 1 is 0.696 bits per heavy atom. The van der Waals surface area contributed by atoms with E-state index in [1.807, 2.05) is 36.4 Å². The van der Waals surface area contributed by atoms with Gasteiger partial charge >= 0.3 is 0 Å². The summed E-state index contributed by atoms with van der Waals surface area (Å²) in [7, 11) is 0. The van der Waals surface area contributed by atoms with Crippen LogP contribution in [0.1, 0.15) is 6.42 Å². The molecule has 0 aliphatic heterocycles. The zero-order valence-corrected chi connectivity index (χ0v) is 12.8. The number of rotatable bonds is 6. The molecule has 4 heteroatoms. The number of hydrogen-bond donors (Lipinski definition) is 2. The second-order valence-corrected chi connectivity index (χ2v) is 5.38. The first-order valence-electron chi connectivity index (χ1n) is 7.71. The van der Waals surface area contributed by atoms with Gasteiger partial charge in [-0.05, 0) is 30.7 Å². The highest BCUT2D eigenvalue weighted by atomic mass is 16.3. The van der Waals surface area contributed by atoms with Crippen molar-refractivity contribution in [2.24, 2.45) is 0 Å². The molecular weight excluding hydrogens is 288 g/mol. The number of anilines is 2. The van der Waals surface area contributed by atoms with Crippen LogP contribution < -0.4 is 4.90 Å². The topological polar surface area (TPSA) is 48.6 Å². The molecule has 3 rings (SSSR count). The Balaban J connectivity index is 1.75. The number of hydrogen-bond acceptors (Lipinski definition) is 3. The predicted molar refractivity (Wildman–Crippen MR) is 92.3 cm³/mol. The molecule has 0 saturated heterocycles. The minimum atomic E-state index is 0.0912. The first-order valence-corrected chi connectivity index (χ1v) is 7.71. The standard InChI is InChI=1S/C19H20N2O2/c22-18-12-13-19(23)21(18)15-7-14-20(16-8-3-1-4-9-16)17-10-5-2-6-11-17/h1-6,8-13,22-23H,7,14-15H2. The van der Waals surface area contributed by atoms with E-state index in [9.17, 15) is 10.2 Å². The van der Waals surface area contributed by atoms with Gasteiger partial charge in [0.2, 0.25) is 0 Å². The van der Waals surface area contributed by atoms with E-state index < -0.39 is 0 Å². The van der Waals surface area contributed by atoms with Crippen LogP contribution in [0.2, 0.25) is 0 Å². The highest BCUT2D eigenvalue weighted by Gasteiger charge is 2.10. The molecule has 1 aromatic heterocycles. The molecule has 0 radical (unpaired) electrons. The molecule has 0 fully saturated rings. The third kappa shape index (κ3) is 3.48. The average Bonchev–Trinajstić information content (AvgIpc) is 2.92. The van der Waals surface area contributed by atoms with Crippen LogP contribution in [-0.2, 0) is 6.54 Å². The fourth-order valence-electron chi connectivity index (χ4n) is 2.69. The summed E-state index contributed by atoms with van der Waals surface area (Å²) < 4.78 is 1.51. The predicted octanol–water partition coefficient (Wildman–Crippen LogP) is 4.13. The number of benzene rings is 2. The summed E-state index contributed by atoms with van der Waals surface area (Å²) in [5, 5.41) is 19.4. The van der Waals surface area contributed by atoms with Gasteiger partial charge in [0.1, 0.15) is 0 Å². The third-order valence-electron chi connectivity index (χ3n) is 3.83. The van der Waals surface area contributed by atoms with Crippen LogP contribution in [0.4, 0.5) is 11.4 Å². The SMILES string of the molecule is Oc1ccc(O)n1CCCN(c1ccccc1)c1ccccc1. The molecule has 0 saturated carbocycles. The molecule has 23 heavy (non-hydrogen) atoms. The van der Waals surface area contributed by atoms with E-state index in [1.165, 1.54) is 16.7 Å². The van der Waals surface area contributed by atoms with Crippen molar-refractivity contribution in [3.63, 3.8) is 0 Å². The summed E-state index contributed by atoms with van der Waals surface area (Å²) in [5.41, 5.74) is 2.25. The van der Waals surface area contributed by atoms with Gasteiger partial charge < -0.3 is 15.1 Å². The van der Waals surface area contributed by atoms with Crippen LogP contribution in [0.5, 0.6) is 11.8 Å². The number of aromatic hydroxyl groups is 2. The van der Waals surface area contributed by atoms with E-state index in [2.05, 4.69) is 29.2 Å². The summed E-state index contributed by atoms with van der Waals surface area (Å²) >= 11 is 0. The Labute approximate surface area is 135 Å². The van der Waals surface area contributed by atoms with Crippen LogP contribution in [0.15, 0.2) is 72.8 Å². The van der Waals surface area contributed by atoms with Gasteiger partial charge in [0.25, 0.3) is 0 Å². The first-order chi connectivity index (χ1) is 11.3. The molecule has 0 atom stereocenters. The summed E-state index contributed by atoms with van der Waals surface area (Å²) in [6, 6.07) is 23.4. The van der Waals surface area contributed by atoms with Crippen molar-refractivity contribution in [3.05, 3.63) is 72.8 Å². The van der Waals surface area contributed by atoms with Crippen molar-refractivity contribution >= 4 is 11.4 Å². The fraction of sp³-hybridized carbons (Fsp3) is 0.158. The van der Waals surface area contributed by atoms with Gasteiger partial charge in [0.15, 0.2) is 11.8 Å². The average molecular weight is 308 g/mol. The van der Waals surface area contributed by atoms with Crippen molar-refractivity contribution in [2.45, 2.75) is 13.0 Å². The van der Waals surface area contributed by atoms with Gasteiger partial charge in [0, 0.05) is 36.6 Å². The minimum Gasteiger partial charge on any atom is -0.494 e. The highest BCUT2D eigenvalue weighted by molar-refractivity contribution is 5.62. The maximum absolute atomic E-state index is 9.72. The summed E-state index contributed by atoms with van der Waals surface area (Å²) in [5.74, 6) is 0.182. The van der Waals surface area contributed by atoms with Crippen molar-refractivity contribution in [3.8, 4) is 11.8 Å². The molecule has 0 unspecified atom stereocenters. The van der Waals surface area contributed by atoms with E-state index in [-0.39, 0.29) is 11.8 Å². The second kappa shape index (κ2) is 6.92. The Kier molecular flexibility index (Phi) is 4.52. The molecule has 0 aliphatic carbocycles. The van der Waals surface area contributed by atoms with Crippen LogP contribution >= 0.6 is 0 Å². The van der Waals surface area contributed by atoms with Gasteiger partial charge in [0.05, 0.1) is 0 Å². The lowest BCUT2D eigenvalue weighted by Crippen LogP contribution is -2.19. The Morgan fingerprint density at radius 3 is 1.65 bits per heavy atom. The summed E-state index contributed by atoms with van der Waals surface area (Å²) in [6.07, 6.45) is 0.791. The van der Waals surface area contributed by atoms with E-state index in [0.29, 0.717) is 6.54 Å². The minimum absolute atomic E-state index is 0.0912. The van der Waals surface area contributed by atoms with Crippen LogP contribution in [0.25, 0.3) is 0 Å². The molecule has 2 aromatic carbocycles. The molecule has 0 amide bonds. The third-order valence-corrected chi connectivity index (χ3v) is 3.83.